The van der Waals surface area contributed by atoms with Crippen LogP contribution in [0.2, 0.25) is 0 Å². The molecular weight excluding hydrogens is 420 g/mol. The molecule has 2 rings (SSSR count). The number of alkyl halides is 5. The highest BCUT2D eigenvalue weighted by Crippen LogP contribution is 2.43. The van der Waals surface area contributed by atoms with E-state index < -0.39 is 40.5 Å². The van der Waals surface area contributed by atoms with Gasteiger partial charge in [-0.2, -0.15) is 22.0 Å². The zero-order valence-electron chi connectivity index (χ0n) is 16.4. The smallest absolute Gasteiger partial charge is 0.348 e. The minimum absolute atomic E-state index is 0.179. The van der Waals surface area contributed by atoms with E-state index in [1.165, 1.54) is 19.1 Å². The van der Waals surface area contributed by atoms with Gasteiger partial charge in [0.05, 0.1) is 11.1 Å². The Bertz CT molecular complexity index is 1000. The van der Waals surface area contributed by atoms with Gasteiger partial charge in [-0.25, -0.2) is 4.39 Å². The molecule has 2 nitrogen and oxygen atoms in total. The maximum absolute atomic E-state index is 15.0. The predicted octanol–water partition coefficient (Wildman–Crippen LogP) is 6.34. The van der Waals surface area contributed by atoms with Gasteiger partial charge in [0.1, 0.15) is 5.82 Å². The standard InChI is InChI=1S/C23H19F6NO/c1-3-8-16(22(25,26)17-11-4-5-12-18(17)23(27,28)29)10-7-14-30-21(31)20-15(2)9-6-13-19(20)24/h3-13H,1,14H2,2H3,(H,30,31)/b10-7-,16-8+. The van der Waals surface area contributed by atoms with Crippen LogP contribution in [0.15, 0.2) is 78.9 Å². The topological polar surface area (TPSA) is 29.1 Å². The lowest BCUT2D eigenvalue weighted by molar-refractivity contribution is -0.140. The zero-order chi connectivity index (χ0) is 23.2. The van der Waals surface area contributed by atoms with E-state index in [-0.39, 0.29) is 12.1 Å². The van der Waals surface area contributed by atoms with Gasteiger partial charge in [0.15, 0.2) is 0 Å². The molecule has 0 spiro atoms. The van der Waals surface area contributed by atoms with E-state index in [4.69, 9.17) is 0 Å². The second-order valence-electron chi connectivity index (χ2n) is 6.52. The molecule has 0 heterocycles. The van der Waals surface area contributed by atoms with Crippen LogP contribution in [0.3, 0.4) is 0 Å². The SMILES string of the molecule is C=C/C=C(\C=C/CNC(=O)c1c(C)cccc1F)C(F)(F)c1ccccc1C(F)(F)F. The van der Waals surface area contributed by atoms with Crippen LogP contribution in [0.1, 0.15) is 27.0 Å². The Hall–Kier alpha value is -3.29. The minimum Gasteiger partial charge on any atom is -0.348 e. The van der Waals surface area contributed by atoms with E-state index in [1.807, 2.05) is 0 Å². The van der Waals surface area contributed by atoms with Crippen molar-refractivity contribution in [2.75, 3.05) is 6.54 Å². The fourth-order valence-corrected chi connectivity index (χ4v) is 2.90. The Balaban J connectivity index is 2.24. The average Bonchev–Trinajstić information content (AvgIpc) is 2.69. The molecule has 0 unspecified atom stereocenters. The van der Waals surface area contributed by atoms with Crippen molar-refractivity contribution >= 4 is 5.91 Å². The third-order valence-corrected chi connectivity index (χ3v) is 4.36. The van der Waals surface area contributed by atoms with Crippen molar-refractivity contribution in [1.82, 2.24) is 5.32 Å². The summed E-state index contributed by atoms with van der Waals surface area (Å²) in [6.45, 7) is 4.60. The number of halogens is 6. The molecule has 0 saturated heterocycles. The van der Waals surface area contributed by atoms with Gasteiger partial charge < -0.3 is 5.32 Å². The Labute approximate surface area is 175 Å². The summed E-state index contributed by atoms with van der Waals surface area (Å²) in [4.78, 5) is 12.1. The Morgan fingerprint density at radius 2 is 1.68 bits per heavy atom. The third-order valence-electron chi connectivity index (χ3n) is 4.36. The molecule has 0 aliphatic rings. The fourth-order valence-electron chi connectivity index (χ4n) is 2.90. The van der Waals surface area contributed by atoms with Crippen molar-refractivity contribution in [2.45, 2.75) is 19.0 Å². The summed E-state index contributed by atoms with van der Waals surface area (Å²) < 4.78 is 83.3. The molecule has 0 aliphatic carbocycles. The predicted molar refractivity (Wildman–Crippen MR) is 106 cm³/mol. The molecule has 0 atom stereocenters. The summed E-state index contributed by atoms with van der Waals surface area (Å²) in [5.74, 6) is -5.46. The molecule has 31 heavy (non-hydrogen) atoms. The number of aryl methyl sites for hydroxylation is 1. The number of allylic oxidation sites excluding steroid dienone is 4. The normalized spacial score (nSPS) is 12.8. The van der Waals surface area contributed by atoms with Crippen molar-refractivity contribution in [2.24, 2.45) is 0 Å². The second-order valence-corrected chi connectivity index (χ2v) is 6.52. The number of hydrogen-bond acceptors (Lipinski definition) is 1. The van der Waals surface area contributed by atoms with Crippen LogP contribution in [0.25, 0.3) is 0 Å². The van der Waals surface area contributed by atoms with E-state index in [9.17, 15) is 31.1 Å². The summed E-state index contributed by atoms with van der Waals surface area (Å²) >= 11 is 0. The lowest BCUT2D eigenvalue weighted by atomic mass is 9.94. The van der Waals surface area contributed by atoms with E-state index in [1.54, 1.807) is 0 Å². The van der Waals surface area contributed by atoms with Crippen molar-refractivity contribution in [3.8, 4) is 0 Å². The first-order valence-corrected chi connectivity index (χ1v) is 9.07. The van der Waals surface area contributed by atoms with Crippen LogP contribution in [0.4, 0.5) is 26.3 Å². The van der Waals surface area contributed by atoms with Crippen molar-refractivity contribution in [3.63, 3.8) is 0 Å². The molecule has 164 valence electrons. The monoisotopic (exact) mass is 439 g/mol. The average molecular weight is 439 g/mol. The van der Waals surface area contributed by atoms with Gasteiger partial charge >= 0.3 is 6.18 Å². The summed E-state index contributed by atoms with van der Waals surface area (Å²) in [6.07, 6.45) is -1.04. The van der Waals surface area contributed by atoms with Crippen LogP contribution in [-0.4, -0.2) is 12.5 Å². The van der Waals surface area contributed by atoms with Crippen LogP contribution in [0.5, 0.6) is 0 Å². The van der Waals surface area contributed by atoms with Crippen molar-refractivity contribution in [1.29, 1.82) is 0 Å². The van der Waals surface area contributed by atoms with Gasteiger partial charge in [-0.3, -0.25) is 4.79 Å². The molecule has 0 saturated carbocycles. The molecule has 2 aromatic rings. The van der Waals surface area contributed by atoms with E-state index in [2.05, 4.69) is 11.9 Å². The highest BCUT2D eigenvalue weighted by atomic mass is 19.4. The number of nitrogens with one attached hydrogen (secondary N) is 1. The highest BCUT2D eigenvalue weighted by Gasteiger charge is 2.43. The zero-order valence-corrected chi connectivity index (χ0v) is 16.4. The molecule has 0 aromatic heterocycles. The quantitative estimate of drug-likeness (QED) is 0.396. The maximum atomic E-state index is 15.0. The van der Waals surface area contributed by atoms with E-state index in [0.717, 1.165) is 42.5 Å². The molecular formula is C23H19F6NO. The Kier molecular flexibility index (Phi) is 7.49. The van der Waals surface area contributed by atoms with Crippen LogP contribution in [-0.2, 0) is 12.1 Å². The molecule has 1 N–H and O–H groups in total. The number of amides is 1. The number of carbonyl (C=O) groups excluding carboxylic acids is 1. The Morgan fingerprint density at radius 3 is 2.26 bits per heavy atom. The first kappa shape index (κ1) is 24.0. The molecule has 0 fully saturated rings. The minimum atomic E-state index is -4.96. The van der Waals surface area contributed by atoms with Gasteiger partial charge in [-0.1, -0.05) is 61.2 Å². The molecule has 0 radical (unpaired) electrons. The van der Waals surface area contributed by atoms with E-state index in [0.29, 0.717) is 17.7 Å². The van der Waals surface area contributed by atoms with Gasteiger partial charge in [-0.05, 0) is 24.6 Å². The molecule has 0 bridgehead atoms. The van der Waals surface area contributed by atoms with Crippen LogP contribution >= 0.6 is 0 Å². The molecule has 1 amide bonds. The van der Waals surface area contributed by atoms with Gasteiger partial charge in [0, 0.05) is 17.7 Å². The van der Waals surface area contributed by atoms with Gasteiger partial charge in [0.25, 0.3) is 11.8 Å². The highest BCUT2D eigenvalue weighted by molar-refractivity contribution is 5.95. The summed E-state index contributed by atoms with van der Waals surface area (Å²) in [7, 11) is 0. The lowest BCUT2D eigenvalue weighted by Gasteiger charge is -2.22. The van der Waals surface area contributed by atoms with Crippen LogP contribution < -0.4 is 5.32 Å². The second kappa shape index (κ2) is 9.68. The molecule has 8 heteroatoms. The van der Waals surface area contributed by atoms with E-state index >= 15 is 0 Å². The summed E-state index contributed by atoms with van der Waals surface area (Å²) in [5, 5.41) is 2.36. The largest absolute Gasteiger partial charge is 0.416 e. The van der Waals surface area contributed by atoms with Gasteiger partial charge in [0.2, 0.25) is 0 Å². The molecule has 0 aliphatic heterocycles. The number of hydrogen-bond donors (Lipinski definition) is 1. The first-order chi connectivity index (χ1) is 14.5. The number of rotatable bonds is 7. The first-order valence-electron chi connectivity index (χ1n) is 9.07. The Morgan fingerprint density at radius 1 is 1.03 bits per heavy atom. The fraction of sp³-hybridized carbons (Fsp3) is 0.174. The third kappa shape index (κ3) is 5.65. The summed E-state index contributed by atoms with van der Waals surface area (Å²) in [5.41, 5.74) is -3.19. The van der Waals surface area contributed by atoms with Gasteiger partial charge in [-0.15, -0.1) is 0 Å². The summed E-state index contributed by atoms with van der Waals surface area (Å²) in [6, 6.07) is 7.49. The lowest BCUT2D eigenvalue weighted by Crippen LogP contribution is -2.25. The molecule has 2 aromatic carbocycles. The maximum Gasteiger partial charge on any atom is 0.416 e. The van der Waals surface area contributed by atoms with Crippen LogP contribution in [0, 0.1) is 12.7 Å². The number of carbonyl (C=O) groups is 1. The van der Waals surface area contributed by atoms with Crippen molar-refractivity contribution < 1.29 is 31.1 Å². The number of benzene rings is 2. The van der Waals surface area contributed by atoms with Crippen molar-refractivity contribution in [3.05, 3.63) is 107 Å².